The van der Waals surface area contributed by atoms with Crippen molar-refractivity contribution in [1.82, 2.24) is 10.2 Å². The second kappa shape index (κ2) is 12.2. The number of hydrogen-bond acceptors (Lipinski definition) is 5. The molecule has 0 aromatic heterocycles. The van der Waals surface area contributed by atoms with E-state index in [2.05, 4.69) is 22.3 Å². The summed E-state index contributed by atoms with van der Waals surface area (Å²) in [5, 5.41) is 3.00. The normalized spacial score (nSPS) is 13.7. The highest BCUT2D eigenvalue weighted by molar-refractivity contribution is 5.76. The van der Waals surface area contributed by atoms with E-state index in [1.165, 1.54) is 31.5 Å². The van der Waals surface area contributed by atoms with Crippen LogP contribution in [0.5, 0.6) is 17.2 Å². The molecule has 1 N–H and O–H groups in total. The molecule has 3 rings (SSSR count). The van der Waals surface area contributed by atoms with Gasteiger partial charge in [-0.3, -0.25) is 9.69 Å². The van der Waals surface area contributed by atoms with Crippen LogP contribution < -0.4 is 19.5 Å². The number of carbonyl (C=O) groups excluding carboxylic acids is 1. The highest BCUT2D eigenvalue weighted by Crippen LogP contribution is 2.27. The van der Waals surface area contributed by atoms with Crippen molar-refractivity contribution in [3.63, 3.8) is 0 Å². The fourth-order valence-corrected chi connectivity index (χ4v) is 3.78. The number of benzene rings is 2. The maximum Gasteiger partial charge on any atom is 0.220 e. The summed E-state index contributed by atoms with van der Waals surface area (Å²) in [7, 11) is 3.22. The predicted octanol–water partition coefficient (Wildman–Crippen LogP) is 3.47. The first kappa shape index (κ1) is 22.9. The van der Waals surface area contributed by atoms with Crippen molar-refractivity contribution in [2.45, 2.75) is 32.1 Å². The summed E-state index contributed by atoms with van der Waals surface area (Å²) >= 11 is 0. The van der Waals surface area contributed by atoms with E-state index in [9.17, 15) is 4.79 Å². The molecule has 0 radical (unpaired) electrons. The molecule has 1 aliphatic rings. The fourth-order valence-electron chi connectivity index (χ4n) is 3.78. The summed E-state index contributed by atoms with van der Waals surface area (Å²) in [4.78, 5) is 14.6. The molecule has 1 saturated heterocycles. The summed E-state index contributed by atoms with van der Waals surface area (Å²) in [6.07, 6.45) is 4.52. The summed E-state index contributed by atoms with van der Waals surface area (Å²) < 4.78 is 16.4. The van der Waals surface area contributed by atoms with Gasteiger partial charge in [0.1, 0.15) is 12.4 Å². The molecule has 1 amide bonds. The second-order valence-corrected chi connectivity index (χ2v) is 7.83. The second-order valence-electron chi connectivity index (χ2n) is 7.83. The van der Waals surface area contributed by atoms with E-state index in [1.807, 2.05) is 30.3 Å². The van der Waals surface area contributed by atoms with E-state index in [0.29, 0.717) is 30.9 Å². The van der Waals surface area contributed by atoms with E-state index >= 15 is 0 Å². The maximum absolute atomic E-state index is 12.2. The third-order valence-corrected chi connectivity index (χ3v) is 5.62. The number of nitrogens with zero attached hydrogens (tertiary/aromatic N) is 1. The van der Waals surface area contributed by atoms with Gasteiger partial charge in [0.2, 0.25) is 5.91 Å². The Bertz CT molecular complexity index is 817. The van der Waals surface area contributed by atoms with E-state index in [0.717, 1.165) is 30.9 Å². The van der Waals surface area contributed by atoms with Crippen LogP contribution in [0.15, 0.2) is 42.5 Å². The summed E-state index contributed by atoms with van der Waals surface area (Å²) in [6, 6.07) is 13.9. The van der Waals surface area contributed by atoms with Crippen LogP contribution in [0.3, 0.4) is 0 Å². The molecule has 0 aliphatic carbocycles. The van der Waals surface area contributed by atoms with Crippen molar-refractivity contribution in [1.29, 1.82) is 0 Å². The first-order valence-electron chi connectivity index (χ1n) is 11.1. The van der Waals surface area contributed by atoms with Crippen LogP contribution in [0.2, 0.25) is 0 Å². The molecule has 0 unspecified atom stereocenters. The Morgan fingerprint density at radius 3 is 2.35 bits per heavy atom. The molecule has 0 bridgehead atoms. The van der Waals surface area contributed by atoms with Crippen molar-refractivity contribution in [3.8, 4) is 17.2 Å². The predicted molar refractivity (Wildman–Crippen MR) is 122 cm³/mol. The van der Waals surface area contributed by atoms with Gasteiger partial charge >= 0.3 is 0 Å². The monoisotopic (exact) mass is 426 g/mol. The Balaban J connectivity index is 1.32. The Labute approximate surface area is 185 Å². The Kier molecular flexibility index (Phi) is 9.03. The van der Waals surface area contributed by atoms with E-state index < -0.39 is 0 Å². The van der Waals surface area contributed by atoms with E-state index in [4.69, 9.17) is 14.2 Å². The lowest BCUT2D eigenvalue weighted by atomic mass is 10.1. The van der Waals surface area contributed by atoms with Crippen LogP contribution in [-0.2, 0) is 17.6 Å². The lowest BCUT2D eigenvalue weighted by molar-refractivity contribution is -0.121. The summed E-state index contributed by atoms with van der Waals surface area (Å²) in [6.45, 7) is 4.75. The third kappa shape index (κ3) is 7.47. The molecule has 2 aromatic carbocycles. The zero-order valence-electron chi connectivity index (χ0n) is 18.7. The average molecular weight is 427 g/mol. The van der Waals surface area contributed by atoms with E-state index in [-0.39, 0.29) is 5.91 Å². The fraction of sp³-hybridized carbons (Fsp3) is 0.480. The SMILES string of the molecule is COc1ccc(CCC(=O)NCCc2ccc(OCCN3CCCC3)cc2)cc1OC. The Morgan fingerprint density at radius 1 is 0.935 bits per heavy atom. The summed E-state index contributed by atoms with van der Waals surface area (Å²) in [5.74, 6) is 2.33. The van der Waals surface area contributed by atoms with Crippen LogP contribution in [0.25, 0.3) is 0 Å². The average Bonchev–Trinajstić information content (AvgIpc) is 3.32. The molecule has 1 fully saturated rings. The number of aryl methyl sites for hydroxylation is 1. The number of hydrogen-bond donors (Lipinski definition) is 1. The minimum Gasteiger partial charge on any atom is -0.493 e. The van der Waals surface area contributed by atoms with Crippen molar-refractivity contribution >= 4 is 5.91 Å². The first-order chi connectivity index (χ1) is 15.2. The van der Waals surface area contributed by atoms with Crippen LogP contribution in [0.1, 0.15) is 30.4 Å². The number of nitrogens with one attached hydrogen (secondary N) is 1. The molecular weight excluding hydrogens is 392 g/mol. The van der Waals surface area contributed by atoms with Crippen molar-refractivity contribution in [2.24, 2.45) is 0 Å². The lowest BCUT2D eigenvalue weighted by Gasteiger charge is -2.15. The van der Waals surface area contributed by atoms with Gasteiger partial charge in [0.15, 0.2) is 11.5 Å². The molecule has 1 aliphatic heterocycles. The number of ether oxygens (including phenoxy) is 3. The molecular formula is C25H34N2O4. The Hall–Kier alpha value is -2.73. The third-order valence-electron chi connectivity index (χ3n) is 5.62. The zero-order chi connectivity index (χ0) is 21.9. The van der Waals surface area contributed by atoms with Gasteiger partial charge in [-0.2, -0.15) is 0 Å². The molecule has 0 saturated carbocycles. The number of rotatable bonds is 12. The van der Waals surface area contributed by atoms with Gasteiger partial charge in [-0.1, -0.05) is 18.2 Å². The molecule has 6 nitrogen and oxygen atoms in total. The first-order valence-corrected chi connectivity index (χ1v) is 11.1. The molecule has 1 heterocycles. The molecule has 168 valence electrons. The Morgan fingerprint density at radius 2 is 1.65 bits per heavy atom. The number of amides is 1. The van der Waals surface area contributed by atoms with Crippen LogP contribution in [0.4, 0.5) is 0 Å². The van der Waals surface area contributed by atoms with Gasteiger partial charge in [0.25, 0.3) is 0 Å². The number of likely N-dealkylation sites (tertiary alicyclic amines) is 1. The standard InChI is InChI=1S/C25H34N2O4/c1-29-23-11-7-21(19-24(23)30-2)8-12-25(28)26-14-13-20-5-9-22(10-6-20)31-18-17-27-15-3-4-16-27/h5-7,9-11,19H,3-4,8,12-18H2,1-2H3,(H,26,28). The largest absolute Gasteiger partial charge is 0.493 e. The van der Waals surface area contributed by atoms with Crippen molar-refractivity contribution in [2.75, 3.05) is 47.0 Å². The number of carbonyl (C=O) groups is 1. The highest BCUT2D eigenvalue weighted by atomic mass is 16.5. The molecule has 31 heavy (non-hydrogen) atoms. The minimum atomic E-state index is 0.0525. The lowest BCUT2D eigenvalue weighted by Crippen LogP contribution is -2.26. The van der Waals surface area contributed by atoms with Crippen LogP contribution >= 0.6 is 0 Å². The molecule has 2 aromatic rings. The van der Waals surface area contributed by atoms with Crippen molar-refractivity contribution in [3.05, 3.63) is 53.6 Å². The van der Waals surface area contributed by atoms with Gasteiger partial charge in [0.05, 0.1) is 14.2 Å². The van der Waals surface area contributed by atoms with E-state index in [1.54, 1.807) is 14.2 Å². The topological polar surface area (TPSA) is 60.0 Å². The van der Waals surface area contributed by atoms with Gasteiger partial charge in [-0.05, 0) is 74.2 Å². The highest BCUT2D eigenvalue weighted by Gasteiger charge is 2.11. The smallest absolute Gasteiger partial charge is 0.220 e. The van der Waals surface area contributed by atoms with Crippen LogP contribution in [0, 0.1) is 0 Å². The minimum absolute atomic E-state index is 0.0525. The van der Waals surface area contributed by atoms with Gasteiger partial charge in [-0.15, -0.1) is 0 Å². The number of methoxy groups -OCH3 is 2. The van der Waals surface area contributed by atoms with Gasteiger partial charge in [-0.25, -0.2) is 0 Å². The summed E-state index contributed by atoms with van der Waals surface area (Å²) in [5.41, 5.74) is 2.24. The quantitative estimate of drug-likeness (QED) is 0.563. The van der Waals surface area contributed by atoms with Gasteiger partial charge in [0, 0.05) is 19.5 Å². The van der Waals surface area contributed by atoms with Crippen LogP contribution in [-0.4, -0.2) is 57.8 Å². The molecule has 6 heteroatoms. The maximum atomic E-state index is 12.2. The van der Waals surface area contributed by atoms with Gasteiger partial charge < -0.3 is 19.5 Å². The molecule has 0 atom stereocenters. The van der Waals surface area contributed by atoms with Crippen molar-refractivity contribution < 1.29 is 19.0 Å². The molecule has 0 spiro atoms. The zero-order valence-corrected chi connectivity index (χ0v) is 18.7.